The van der Waals surface area contributed by atoms with E-state index < -0.39 is 0 Å². The van der Waals surface area contributed by atoms with E-state index in [-0.39, 0.29) is 18.3 Å². The molecule has 0 saturated carbocycles. The van der Waals surface area contributed by atoms with Crippen LogP contribution >= 0.6 is 0 Å². The van der Waals surface area contributed by atoms with E-state index in [0.29, 0.717) is 18.0 Å². The first-order chi connectivity index (χ1) is 10.2. The molecule has 2 N–H and O–H groups in total. The molecule has 2 aromatic carbocycles. The Morgan fingerprint density at radius 2 is 1.86 bits per heavy atom. The van der Waals surface area contributed by atoms with Gasteiger partial charge in [0.25, 0.3) is 0 Å². The van der Waals surface area contributed by atoms with Gasteiger partial charge in [-0.1, -0.05) is 12.1 Å². The fourth-order valence-electron chi connectivity index (χ4n) is 1.81. The Bertz CT molecular complexity index is 599. The van der Waals surface area contributed by atoms with Crippen molar-refractivity contribution in [1.29, 1.82) is 0 Å². The van der Waals surface area contributed by atoms with Crippen molar-refractivity contribution in [3.05, 3.63) is 54.3 Å². The molecule has 21 heavy (non-hydrogen) atoms. The molecule has 0 fully saturated rings. The van der Waals surface area contributed by atoms with Gasteiger partial charge in [-0.3, -0.25) is 4.79 Å². The standard InChI is InChI=1S/C16H17FN2O2/c1-2-21-15-6-4-3-5-14(15)18-11-16(20)19-13-9-7-12(17)8-10-13/h3-10,18H,2,11H2,1H3,(H,19,20). The summed E-state index contributed by atoms with van der Waals surface area (Å²) in [6.45, 7) is 2.56. The molecule has 5 heteroatoms. The molecule has 0 radical (unpaired) electrons. The van der Waals surface area contributed by atoms with Gasteiger partial charge in [0.2, 0.25) is 5.91 Å². The third-order valence-corrected chi connectivity index (χ3v) is 2.75. The van der Waals surface area contributed by atoms with Crippen LogP contribution in [0.4, 0.5) is 15.8 Å². The largest absolute Gasteiger partial charge is 0.492 e. The molecule has 0 aliphatic rings. The van der Waals surface area contributed by atoms with Gasteiger partial charge in [0.1, 0.15) is 11.6 Å². The summed E-state index contributed by atoms with van der Waals surface area (Å²) in [6, 6.07) is 13.0. The van der Waals surface area contributed by atoms with Crippen LogP contribution in [0.25, 0.3) is 0 Å². The third kappa shape index (κ3) is 4.49. The van der Waals surface area contributed by atoms with Crippen molar-refractivity contribution in [2.75, 3.05) is 23.8 Å². The van der Waals surface area contributed by atoms with Crippen LogP contribution in [-0.4, -0.2) is 19.1 Å². The normalized spacial score (nSPS) is 10.0. The topological polar surface area (TPSA) is 50.4 Å². The lowest BCUT2D eigenvalue weighted by molar-refractivity contribution is -0.114. The number of carbonyl (C=O) groups excluding carboxylic acids is 1. The highest BCUT2D eigenvalue weighted by Crippen LogP contribution is 2.23. The van der Waals surface area contributed by atoms with Crippen LogP contribution in [0.5, 0.6) is 5.75 Å². The van der Waals surface area contributed by atoms with E-state index in [0.717, 1.165) is 5.69 Å². The van der Waals surface area contributed by atoms with Crippen LogP contribution < -0.4 is 15.4 Å². The molecule has 0 heterocycles. The second-order valence-corrected chi connectivity index (χ2v) is 4.34. The number of hydrogen-bond donors (Lipinski definition) is 2. The highest BCUT2D eigenvalue weighted by Gasteiger charge is 2.05. The highest BCUT2D eigenvalue weighted by atomic mass is 19.1. The van der Waals surface area contributed by atoms with Gasteiger partial charge in [-0.2, -0.15) is 0 Å². The Labute approximate surface area is 122 Å². The highest BCUT2D eigenvalue weighted by molar-refractivity contribution is 5.93. The quantitative estimate of drug-likeness (QED) is 0.857. The third-order valence-electron chi connectivity index (χ3n) is 2.75. The van der Waals surface area contributed by atoms with Crippen LogP contribution in [0.1, 0.15) is 6.92 Å². The fraction of sp³-hybridized carbons (Fsp3) is 0.188. The van der Waals surface area contributed by atoms with Crippen LogP contribution in [0.3, 0.4) is 0 Å². The molecule has 0 aliphatic carbocycles. The summed E-state index contributed by atoms with van der Waals surface area (Å²) in [6.07, 6.45) is 0. The lowest BCUT2D eigenvalue weighted by Crippen LogP contribution is -2.22. The van der Waals surface area contributed by atoms with Gasteiger partial charge in [0, 0.05) is 5.69 Å². The van der Waals surface area contributed by atoms with Crippen LogP contribution in [0.15, 0.2) is 48.5 Å². The smallest absolute Gasteiger partial charge is 0.243 e. The second kappa shape index (κ2) is 7.28. The number of rotatable bonds is 6. The van der Waals surface area contributed by atoms with Gasteiger partial charge in [-0.25, -0.2) is 4.39 Å². The maximum absolute atomic E-state index is 12.8. The van der Waals surface area contributed by atoms with Crippen molar-refractivity contribution in [2.45, 2.75) is 6.92 Å². The molecule has 0 saturated heterocycles. The van der Waals surface area contributed by atoms with E-state index in [1.54, 1.807) is 0 Å². The van der Waals surface area contributed by atoms with Gasteiger partial charge in [0.15, 0.2) is 0 Å². The predicted molar refractivity (Wildman–Crippen MR) is 81.1 cm³/mol. The Morgan fingerprint density at radius 1 is 1.14 bits per heavy atom. The minimum atomic E-state index is -0.336. The van der Waals surface area contributed by atoms with Crippen LogP contribution in [0.2, 0.25) is 0 Å². The molecule has 0 bridgehead atoms. The summed E-state index contributed by atoms with van der Waals surface area (Å²) in [5.74, 6) is 0.152. The molecule has 2 rings (SSSR count). The first kappa shape index (κ1) is 14.8. The maximum atomic E-state index is 12.8. The molecular formula is C16H17FN2O2. The zero-order chi connectivity index (χ0) is 15.1. The summed E-state index contributed by atoms with van der Waals surface area (Å²) in [5, 5.41) is 5.70. The number of amides is 1. The molecule has 0 atom stereocenters. The van der Waals surface area contributed by atoms with Gasteiger partial charge >= 0.3 is 0 Å². The minimum Gasteiger partial charge on any atom is -0.492 e. The average molecular weight is 288 g/mol. The number of halogens is 1. The minimum absolute atomic E-state index is 0.0987. The Kier molecular flexibility index (Phi) is 5.15. The lowest BCUT2D eigenvalue weighted by atomic mass is 10.3. The molecule has 4 nitrogen and oxygen atoms in total. The number of nitrogens with one attached hydrogen (secondary N) is 2. The lowest BCUT2D eigenvalue weighted by Gasteiger charge is -2.12. The second-order valence-electron chi connectivity index (χ2n) is 4.34. The summed E-state index contributed by atoms with van der Waals surface area (Å²) >= 11 is 0. The van der Waals surface area contributed by atoms with Crippen molar-refractivity contribution < 1.29 is 13.9 Å². The van der Waals surface area contributed by atoms with Gasteiger partial charge in [-0.05, 0) is 43.3 Å². The monoisotopic (exact) mass is 288 g/mol. The van der Waals surface area contributed by atoms with Crippen molar-refractivity contribution in [1.82, 2.24) is 0 Å². The summed E-state index contributed by atoms with van der Waals surface area (Å²) in [5.41, 5.74) is 1.31. The van der Waals surface area contributed by atoms with Gasteiger partial charge in [-0.15, -0.1) is 0 Å². The van der Waals surface area contributed by atoms with E-state index in [1.807, 2.05) is 31.2 Å². The van der Waals surface area contributed by atoms with E-state index in [2.05, 4.69) is 10.6 Å². The summed E-state index contributed by atoms with van der Waals surface area (Å²) < 4.78 is 18.2. The molecule has 0 unspecified atom stereocenters. The zero-order valence-electron chi connectivity index (χ0n) is 11.7. The molecule has 1 amide bonds. The van der Waals surface area contributed by atoms with Crippen molar-refractivity contribution in [2.24, 2.45) is 0 Å². The van der Waals surface area contributed by atoms with Crippen LogP contribution in [0, 0.1) is 5.82 Å². The average Bonchev–Trinajstić information content (AvgIpc) is 2.49. The molecule has 0 spiro atoms. The molecule has 0 aromatic heterocycles. The van der Waals surface area contributed by atoms with E-state index in [4.69, 9.17) is 4.74 Å². The van der Waals surface area contributed by atoms with E-state index >= 15 is 0 Å². The van der Waals surface area contributed by atoms with Crippen molar-refractivity contribution in [3.63, 3.8) is 0 Å². The first-order valence-corrected chi connectivity index (χ1v) is 6.70. The van der Waals surface area contributed by atoms with Crippen LogP contribution in [-0.2, 0) is 4.79 Å². The molecule has 0 aliphatic heterocycles. The number of ether oxygens (including phenoxy) is 1. The molecule has 110 valence electrons. The molecular weight excluding hydrogens is 271 g/mol. The Balaban J connectivity index is 1.90. The van der Waals surface area contributed by atoms with Gasteiger partial charge in [0.05, 0.1) is 18.8 Å². The van der Waals surface area contributed by atoms with Crippen molar-refractivity contribution >= 4 is 17.3 Å². The number of carbonyl (C=O) groups is 1. The van der Waals surface area contributed by atoms with Crippen molar-refractivity contribution in [3.8, 4) is 5.75 Å². The first-order valence-electron chi connectivity index (χ1n) is 6.70. The van der Waals surface area contributed by atoms with Gasteiger partial charge < -0.3 is 15.4 Å². The Morgan fingerprint density at radius 3 is 2.57 bits per heavy atom. The maximum Gasteiger partial charge on any atom is 0.243 e. The number of benzene rings is 2. The zero-order valence-corrected chi connectivity index (χ0v) is 11.7. The molecule has 2 aromatic rings. The van der Waals surface area contributed by atoms with E-state index in [1.165, 1.54) is 24.3 Å². The van der Waals surface area contributed by atoms with E-state index in [9.17, 15) is 9.18 Å². The predicted octanol–water partition coefficient (Wildman–Crippen LogP) is 3.28. The number of para-hydroxylation sites is 2. The summed E-state index contributed by atoms with van der Waals surface area (Å²) in [4.78, 5) is 11.8. The Hall–Kier alpha value is -2.56. The number of hydrogen-bond acceptors (Lipinski definition) is 3. The number of anilines is 2. The SMILES string of the molecule is CCOc1ccccc1NCC(=O)Nc1ccc(F)cc1. The summed E-state index contributed by atoms with van der Waals surface area (Å²) in [7, 11) is 0. The fourth-order valence-corrected chi connectivity index (χ4v) is 1.81.